The second kappa shape index (κ2) is 6.59. The van der Waals surface area contributed by atoms with Crippen molar-refractivity contribution in [3.05, 3.63) is 12.2 Å². The molecule has 0 aromatic carbocycles. The van der Waals surface area contributed by atoms with E-state index in [-0.39, 0.29) is 5.92 Å². The number of urea groups is 1. The van der Waals surface area contributed by atoms with Crippen molar-refractivity contribution in [3.63, 3.8) is 0 Å². The molecular formula is C14H24N2O3. The van der Waals surface area contributed by atoms with Crippen LogP contribution in [0.2, 0.25) is 0 Å². The first-order chi connectivity index (χ1) is 8.92. The highest BCUT2D eigenvalue weighted by Gasteiger charge is 2.46. The van der Waals surface area contributed by atoms with Gasteiger partial charge >= 0.3 is 12.0 Å². The van der Waals surface area contributed by atoms with E-state index in [2.05, 4.69) is 17.2 Å². The van der Waals surface area contributed by atoms with E-state index in [4.69, 9.17) is 0 Å². The van der Waals surface area contributed by atoms with Gasteiger partial charge in [0, 0.05) is 6.54 Å². The molecule has 19 heavy (non-hydrogen) atoms. The average molecular weight is 268 g/mol. The van der Waals surface area contributed by atoms with Crippen LogP contribution in [-0.4, -0.2) is 29.2 Å². The number of rotatable bonds is 5. The van der Waals surface area contributed by atoms with Crippen molar-refractivity contribution >= 4 is 12.0 Å². The molecule has 1 aliphatic rings. The lowest BCUT2D eigenvalue weighted by molar-refractivity contribution is -0.148. The lowest BCUT2D eigenvalue weighted by Gasteiger charge is -2.39. The fraction of sp³-hybridized carbons (Fsp3) is 0.714. The SMILES string of the molecule is C=C(CC)CNC(=O)NC1(C(=O)O)CCCCC1C. The van der Waals surface area contributed by atoms with Gasteiger partial charge in [0.15, 0.2) is 0 Å². The maximum absolute atomic E-state index is 11.9. The lowest BCUT2D eigenvalue weighted by atomic mass is 9.73. The molecule has 1 fully saturated rings. The Kier molecular flexibility index (Phi) is 5.39. The van der Waals surface area contributed by atoms with Crippen LogP contribution in [0.25, 0.3) is 0 Å². The summed E-state index contributed by atoms with van der Waals surface area (Å²) in [5, 5.41) is 14.8. The molecule has 1 aliphatic carbocycles. The Hall–Kier alpha value is -1.52. The van der Waals surface area contributed by atoms with Crippen molar-refractivity contribution in [1.29, 1.82) is 0 Å². The molecule has 2 atom stereocenters. The van der Waals surface area contributed by atoms with Crippen LogP contribution in [0.3, 0.4) is 0 Å². The van der Waals surface area contributed by atoms with Gasteiger partial charge in [0.1, 0.15) is 5.54 Å². The van der Waals surface area contributed by atoms with Crippen molar-refractivity contribution in [1.82, 2.24) is 10.6 Å². The van der Waals surface area contributed by atoms with Crippen LogP contribution < -0.4 is 10.6 Å². The van der Waals surface area contributed by atoms with Crippen LogP contribution in [0.15, 0.2) is 12.2 Å². The van der Waals surface area contributed by atoms with Crippen molar-refractivity contribution < 1.29 is 14.7 Å². The van der Waals surface area contributed by atoms with Crippen LogP contribution >= 0.6 is 0 Å². The van der Waals surface area contributed by atoms with Crippen LogP contribution in [0.5, 0.6) is 0 Å². The van der Waals surface area contributed by atoms with Gasteiger partial charge < -0.3 is 15.7 Å². The van der Waals surface area contributed by atoms with Crippen LogP contribution in [-0.2, 0) is 4.79 Å². The zero-order valence-corrected chi connectivity index (χ0v) is 11.8. The number of carbonyl (C=O) groups excluding carboxylic acids is 1. The summed E-state index contributed by atoms with van der Waals surface area (Å²) in [6.07, 6.45) is 3.96. The number of aliphatic carboxylic acids is 1. The minimum atomic E-state index is -1.13. The molecule has 0 aromatic heterocycles. The van der Waals surface area contributed by atoms with E-state index in [9.17, 15) is 14.7 Å². The van der Waals surface area contributed by atoms with Gasteiger partial charge in [-0.15, -0.1) is 0 Å². The second-order valence-electron chi connectivity index (χ2n) is 5.33. The van der Waals surface area contributed by atoms with Crippen molar-refractivity contribution in [2.45, 2.75) is 51.5 Å². The minimum Gasteiger partial charge on any atom is -0.479 e. The zero-order valence-electron chi connectivity index (χ0n) is 11.8. The average Bonchev–Trinajstić information content (AvgIpc) is 2.38. The van der Waals surface area contributed by atoms with Crippen LogP contribution in [0, 0.1) is 5.92 Å². The van der Waals surface area contributed by atoms with Crippen molar-refractivity contribution in [2.24, 2.45) is 5.92 Å². The molecule has 1 saturated carbocycles. The molecular weight excluding hydrogens is 244 g/mol. The third-order valence-electron chi connectivity index (χ3n) is 4.02. The number of carbonyl (C=O) groups is 2. The molecule has 0 aliphatic heterocycles. The van der Waals surface area contributed by atoms with Gasteiger partial charge in [0.05, 0.1) is 0 Å². The Morgan fingerprint density at radius 1 is 1.42 bits per heavy atom. The summed E-state index contributed by atoms with van der Waals surface area (Å²) in [6.45, 7) is 8.03. The normalized spacial score (nSPS) is 26.5. The van der Waals surface area contributed by atoms with E-state index >= 15 is 0 Å². The molecule has 2 unspecified atom stereocenters. The number of carboxylic acid groups (broad SMARTS) is 1. The van der Waals surface area contributed by atoms with E-state index in [1.54, 1.807) is 0 Å². The summed E-state index contributed by atoms with van der Waals surface area (Å²) in [5.41, 5.74) is -0.216. The number of carboxylic acids is 1. The molecule has 0 saturated heterocycles. The molecule has 0 radical (unpaired) electrons. The van der Waals surface area contributed by atoms with Gasteiger partial charge in [0.25, 0.3) is 0 Å². The first-order valence-electron chi connectivity index (χ1n) is 6.88. The number of nitrogens with one attached hydrogen (secondary N) is 2. The maximum Gasteiger partial charge on any atom is 0.329 e. The maximum atomic E-state index is 11.9. The molecule has 0 bridgehead atoms. The summed E-state index contributed by atoms with van der Waals surface area (Å²) >= 11 is 0. The fourth-order valence-corrected chi connectivity index (χ4v) is 2.48. The second-order valence-corrected chi connectivity index (χ2v) is 5.33. The Morgan fingerprint density at radius 3 is 2.63 bits per heavy atom. The summed E-state index contributed by atoms with van der Waals surface area (Å²) < 4.78 is 0. The smallest absolute Gasteiger partial charge is 0.329 e. The Bertz CT molecular complexity index is 368. The number of amides is 2. The van der Waals surface area contributed by atoms with Gasteiger partial charge in [-0.1, -0.05) is 38.8 Å². The standard InChI is InChI=1S/C14H24N2O3/c1-4-10(2)9-15-13(19)16-14(12(17)18)8-6-5-7-11(14)3/h11H,2,4-9H2,1,3H3,(H,17,18)(H2,15,16,19). The molecule has 0 heterocycles. The van der Waals surface area contributed by atoms with Crippen LogP contribution in [0.4, 0.5) is 4.79 Å². The molecule has 3 N–H and O–H groups in total. The topological polar surface area (TPSA) is 78.4 Å². The molecule has 108 valence electrons. The summed E-state index contributed by atoms with van der Waals surface area (Å²) in [4.78, 5) is 23.4. The Labute approximate surface area is 114 Å². The van der Waals surface area contributed by atoms with E-state index in [1.165, 1.54) is 0 Å². The molecule has 1 rings (SSSR count). The van der Waals surface area contributed by atoms with Crippen molar-refractivity contribution in [3.8, 4) is 0 Å². The molecule has 5 nitrogen and oxygen atoms in total. The van der Waals surface area contributed by atoms with E-state index in [0.29, 0.717) is 13.0 Å². The molecule has 5 heteroatoms. The van der Waals surface area contributed by atoms with E-state index in [1.807, 2.05) is 13.8 Å². The van der Waals surface area contributed by atoms with Gasteiger partial charge in [-0.05, 0) is 25.2 Å². The summed E-state index contributed by atoms with van der Waals surface area (Å²) in [7, 11) is 0. The first kappa shape index (κ1) is 15.5. The molecule has 2 amide bonds. The van der Waals surface area contributed by atoms with Crippen molar-refractivity contribution in [2.75, 3.05) is 6.54 Å². The van der Waals surface area contributed by atoms with Gasteiger partial charge in [-0.25, -0.2) is 9.59 Å². The molecule has 0 spiro atoms. The van der Waals surface area contributed by atoms with Gasteiger partial charge in [0.2, 0.25) is 0 Å². The summed E-state index contributed by atoms with van der Waals surface area (Å²) in [6, 6.07) is -0.425. The van der Waals surface area contributed by atoms with Crippen LogP contribution in [0.1, 0.15) is 46.0 Å². The monoisotopic (exact) mass is 268 g/mol. The summed E-state index contributed by atoms with van der Waals surface area (Å²) in [5.74, 6) is -0.997. The highest BCUT2D eigenvalue weighted by Crippen LogP contribution is 2.33. The predicted octanol–water partition coefficient (Wildman–Crippen LogP) is 2.29. The third-order valence-corrected chi connectivity index (χ3v) is 4.02. The highest BCUT2D eigenvalue weighted by molar-refractivity contribution is 5.86. The number of hydrogen-bond acceptors (Lipinski definition) is 2. The largest absolute Gasteiger partial charge is 0.479 e. The van der Waals surface area contributed by atoms with Gasteiger partial charge in [-0.2, -0.15) is 0 Å². The minimum absolute atomic E-state index is 0.0566. The van der Waals surface area contributed by atoms with Gasteiger partial charge in [-0.3, -0.25) is 0 Å². The Morgan fingerprint density at radius 2 is 2.11 bits per heavy atom. The third kappa shape index (κ3) is 3.72. The quantitative estimate of drug-likeness (QED) is 0.669. The first-order valence-corrected chi connectivity index (χ1v) is 6.88. The fourth-order valence-electron chi connectivity index (χ4n) is 2.48. The highest BCUT2D eigenvalue weighted by atomic mass is 16.4. The zero-order chi connectivity index (χ0) is 14.5. The molecule has 0 aromatic rings. The van der Waals surface area contributed by atoms with E-state index < -0.39 is 17.5 Å². The lowest BCUT2D eigenvalue weighted by Crippen LogP contribution is -2.62. The Balaban J connectivity index is 2.66. The number of hydrogen-bond donors (Lipinski definition) is 3. The van der Waals surface area contributed by atoms with E-state index in [0.717, 1.165) is 31.3 Å². The predicted molar refractivity (Wildman–Crippen MR) is 74.0 cm³/mol.